The van der Waals surface area contributed by atoms with E-state index >= 15 is 0 Å². The molecule has 4 heterocycles. The topological polar surface area (TPSA) is 105 Å². The second kappa shape index (κ2) is 11.1. The predicted octanol–water partition coefficient (Wildman–Crippen LogP) is 5.87. The molecule has 1 fully saturated rings. The highest BCUT2D eigenvalue weighted by Crippen LogP contribution is 2.34. The number of carbonyl (C=O) groups excluding carboxylic acids is 1. The van der Waals surface area contributed by atoms with Crippen LogP contribution in [0.4, 0.5) is 0 Å². The molecule has 0 unspecified atom stereocenters. The first-order chi connectivity index (χ1) is 20.9. The van der Waals surface area contributed by atoms with Crippen molar-refractivity contribution in [2.75, 3.05) is 0 Å². The van der Waals surface area contributed by atoms with Crippen LogP contribution in [0, 0.1) is 12.8 Å². The number of aryl methyl sites for hydroxylation is 2. The van der Waals surface area contributed by atoms with Crippen molar-refractivity contribution in [1.29, 1.82) is 0 Å². The van der Waals surface area contributed by atoms with E-state index in [1.807, 2.05) is 31.3 Å². The minimum absolute atomic E-state index is 0.0879. The smallest absolute Gasteiger partial charge is 0.274 e. The van der Waals surface area contributed by atoms with Crippen molar-refractivity contribution < 1.29 is 4.79 Å². The zero-order chi connectivity index (χ0) is 29.7. The van der Waals surface area contributed by atoms with Gasteiger partial charge in [-0.05, 0) is 92.3 Å². The van der Waals surface area contributed by atoms with Crippen molar-refractivity contribution in [3.05, 3.63) is 91.5 Å². The van der Waals surface area contributed by atoms with E-state index in [4.69, 9.17) is 0 Å². The van der Waals surface area contributed by atoms with Crippen molar-refractivity contribution in [3.8, 4) is 11.1 Å². The molecule has 0 atom stereocenters. The lowest BCUT2D eigenvalue weighted by Gasteiger charge is -2.23. The second-order valence-corrected chi connectivity index (χ2v) is 12.6. The van der Waals surface area contributed by atoms with Crippen LogP contribution < -0.4 is 16.4 Å². The van der Waals surface area contributed by atoms with E-state index in [2.05, 4.69) is 32.1 Å². The minimum atomic E-state index is -0.207. The SMILES string of the molecule is Cc1[nH]c(=O)c(CNC(=O)c2cc(-c3cn(C)c(=O)c4[nH]ccc34)cc3c2ccn3CC2CCCCC2)c2c1CCCC2. The maximum Gasteiger partial charge on any atom is 0.274 e. The average Bonchev–Trinajstić information content (AvgIpc) is 3.67. The number of hydrogen-bond acceptors (Lipinski definition) is 3. The summed E-state index contributed by atoms with van der Waals surface area (Å²) in [6.07, 6.45) is 16.1. The molecule has 7 rings (SSSR count). The van der Waals surface area contributed by atoms with Gasteiger partial charge in [0.1, 0.15) is 5.52 Å². The average molecular weight is 578 g/mol. The zero-order valence-corrected chi connectivity index (χ0v) is 25.0. The van der Waals surface area contributed by atoms with Gasteiger partial charge in [0.15, 0.2) is 0 Å². The van der Waals surface area contributed by atoms with Crippen molar-refractivity contribution in [2.24, 2.45) is 13.0 Å². The maximum absolute atomic E-state index is 14.0. The summed E-state index contributed by atoms with van der Waals surface area (Å²) >= 11 is 0. The Hall–Kier alpha value is -4.33. The molecule has 0 radical (unpaired) electrons. The molecule has 1 aromatic carbocycles. The van der Waals surface area contributed by atoms with Gasteiger partial charge in [-0.25, -0.2) is 0 Å². The highest BCUT2D eigenvalue weighted by Gasteiger charge is 2.22. The molecule has 5 aromatic rings. The van der Waals surface area contributed by atoms with Gasteiger partial charge in [0.05, 0.1) is 0 Å². The normalized spacial score (nSPS) is 15.7. The van der Waals surface area contributed by atoms with Crippen LogP contribution >= 0.6 is 0 Å². The number of nitrogens with zero attached hydrogens (tertiary/aromatic N) is 2. The van der Waals surface area contributed by atoms with Gasteiger partial charge in [-0.15, -0.1) is 0 Å². The molecule has 0 aliphatic heterocycles. The number of nitrogens with one attached hydrogen (secondary N) is 3. The van der Waals surface area contributed by atoms with E-state index in [9.17, 15) is 14.4 Å². The first-order valence-corrected chi connectivity index (χ1v) is 15.7. The van der Waals surface area contributed by atoms with E-state index in [-0.39, 0.29) is 23.6 Å². The lowest BCUT2D eigenvalue weighted by molar-refractivity contribution is 0.0952. The molecule has 43 heavy (non-hydrogen) atoms. The molecule has 8 nitrogen and oxygen atoms in total. The Morgan fingerprint density at radius 2 is 1.79 bits per heavy atom. The van der Waals surface area contributed by atoms with Crippen LogP contribution in [0.3, 0.4) is 0 Å². The van der Waals surface area contributed by atoms with Gasteiger partial charge in [0.25, 0.3) is 17.0 Å². The largest absolute Gasteiger partial charge is 0.357 e. The molecule has 2 aliphatic carbocycles. The van der Waals surface area contributed by atoms with Gasteiger partial charge in [-0.2, -0.15) is 0 Å². The van der Waals surface area contributed by atoms with Gasteiger partial charge in [0.2, 0.25) is 0 Å². The third-order valence-electron chi connectivity index (χ3n) is 9.80. The monoisotopic (exact) mass is 577 g/mol. The third kappa shape index (κ3) is 4.92. The second-order valence-electron chi connectivity index (χ2n) is 12.6. The van der Waals surface area contributed by atoms with Gasteiger partial charge in [-0.1, -0.05) is 19.3 Å². The quantitative estimate of drug-likeness (QED) is 0.235. The van der Waals surface area contributed by atoms with Crippen LogP contribution in [0.5, 0.6) is 0 Å². The summed E-state index contributed by atoms with van der Waals surface area (Å²) in [6, 6.07) is 8.06. The molecule has 2 aliphatic rings. The van der Waals surface area contributed by atoms with E-state index in [0.29, 0.717) is 22.6 Å². The molecular weight excluding hydrogens is 538 g/mol. The number of hydrogen-bond donors (Lipinski definition) is 3. The molecule has 0 saturated heterocycles. The fourth-order valence-electron chi connectivity index (χ4n) is 7.51. The summed E-state index contributed by atoms with van der Waals surface area (Å²) in [4.78, 5) is 45.9. The number of rotatable bonds is 6. The fourth-order valence-corrected chi connectivity index (χ4v) is 7.51. The summed E-state index contributed by atoms with van der Waals surface area (Å²) in [5, 5.41) is 4.84. The first-order valence-electron chi connectivity index (χ1n) is 15.7. The third-order valence-corrected chi connectivity index (χ3v) is 9.80. The van der Waals surface area contributed by atoms with Gasteiger partial charge in [-0.3, -0.25) is 14.4 Å². The Kier molecular flexibility index (Phi) is 7.07. The van der Waals surface area contributed by atoms with Crippen molar-refractivity contribution in [3.63, 3.8) is 0 Å². The van der Waals surface area contributed by atoms with Crippen molar-refractivity contribution in [1.82, 2.24) is 24.4 Å². The molecule has 222 valence electrons. The fraction of sp³-hybridized carbons (Fsp3) is 0.400. The van der Waals surface area contributed by atoms with E-state index in [0.717, 1.165) is 70.9 Å². The summed E-state index contributed by atoms with van der Waals surface area (Å²) in [7, 11) is 1.75. The zero-order valence-electron chi connectivity index (χ0n) is 25.0. The predicted molar refractivity (Wildman–Crippen MR) is 171 cm³/mol. The van der Waals surface area contributed by atoms with E-state index < -0.39 is 0 Å². The summed E-state index contributed by atoms with van der Waals surface area (Å²) in [5.41, 5.74) is 7.64. The first kappa shape index (κ1) is 27.5. The molecule has 0 spiro atoms. The Balaban J connectivity index is 1.31. The highest BCUT2D eigenvalue weighted by molar-refractivity contribution is 6.09. The van der Waals surface area contributed by atoms with Crippen LogP contribution in [-0.4, -0.2) is 25.0 Å². The van der Waals surface area contributed by atoms with Gasteiger partial charge in [0, 0.05) is 77.4 Å². The van der Waals surface area contributed by atoms with Crippen LogP contribution in [0.2, 0.25) is 0 Å². The Labute approximate surface area is 250 Å². The number of amides is 1. The Morgan fingerprint density at radius 1 is 1.00 bits per heavy atom. The molecule has 3 N–H and O–H groups in total. The van der Waals surface area contributed by atoms with E-state index in [1.54, 1.807) is 17.8 Å². The number of carbonyl (C=O) groups is 1. The summed E-state index contributed by atoms with van der Waals surface area (Å²) < 4.78 is 3.88. The van der Waals surface area contributed by atoms with Crippen molar-refractivity contribution >= 4 is 27.7 Å². The molecule has 8 heteroatoms. The molecular formula is C35H39N5O3. The summed E-state index contributed by atoms with van der Waals surface area (Å²) in [6.45, 7) is 3.08. The lowest BCUT2D eigenvalue weighted by Crippen LogP contribution is -2.30. The van der Waals surface area contributed by atoms with Crippen LogP contribution in [0.25, 0.3) is 32.9 Å². The number of H-pyrrole nitrogens is 2. The highest BCUT2D eigenvalue weighted by atomic mass is 16.2. The number of aromatic amines is 2. The standard InChI is InChI=1S/C35H39N5O3/c1-21-24-10-6-7-11-25(24)29(34(42)38-21)18-37-33(41)28-16-23(30-20-39(2)35(43)32-27(30)12-14-36-32)17-31-26(28)13-15-40(31)19-22-8-4-3-5-9-22/h12-17,20,22,36H,3-11,18-19H2,1-2H3,(H,37,41)(H,38,42). The van der Waals surface area contributed by atoms with Gasteiger partial charge >= 0.3 is 0 Å². The van der Waals surface area contributed by atoms with E-state index in [1.165, 1.54) is 37.7 Å². The maximum atomic E-state index is 14.0. The lowest BCUT2D eigenvalue weighted by atomic mass is 9.88. The van der Waals surface area contributed by atoms with Crippen LogP contribution in [0.15, 0.2) is 52.4 Å². The van der Waals surface area contributed by atoms with Crippen molar-refractivity contribution in [2.45, 2.75) is 77.8 Å². The van der Waals surface area contributed by atoms with Crippen LogP contribution in [0.1, 0.15) is 77.7 Å². The number of aromatic nitrogens is 4. The van der Waals surface area contributed by atoms with Gasteiger partial charge < -0.3 is 24.4 Å². The van der Waals surface area contributed by atoms with Crippen LogP contribution in [-0.2, 0) is 33.0 Å². The Bertz CT molecular complexity index is 1980. The number of pyridine rings is 2. The molecule has 1 saturated carbocycles. The molecule has 0 bridgehead atoms. The number of benzene rings is 1. The summed E-state index contributed by atoms with van der Waals surface area (Å²) in [5.74, 6) is 0.417. The minimum Gasteiger partial charge on any atom is -0.357 e. The number of fused-ring (bicyclic) bond motifs is 3. The Morgan fingerprint density at radius 3 is 2.60 bits per heavy atom. The molecule has 1 amide bonds. The molecule has 4 aromatic heterocycles.